The lowest BCUT2D eigenvalue weighted by Gasteiger charge is -2.34. The molecule has 1 aliphatic rings. The lowest BCUT2D eigenvalue weighted by atomic mass is 9.82. The SMILES string of the molecule is C=CCC(C)NC(=O)NC1(C(=O)O)CCCCC1. The van der Waals surface area contributed by atoms with Crippen molar-refractivity contribution >= 4 is 12.0 Å². The highest BCUT2D eigenvalue weighted by molar-refractivity contribution is 5.86. The van der Waals surface area contributed by atoms with Gasteiger partial charge in [-0.25, -0.2) is 9.59 Å². The molecule has 1 saturated carbocycles. The van der Waals surface area contributed by atoms with E-state index in [1.807, 2.05) is 6.92 Å². The lowest BCUT2D eigenvalue weighted by molar-refractivity contribution is -0.145. The Balaban J connectivity index is 2.58. The third kappa shape index (κ3) is 3.75. The fourth-order valence-electron chi connectivity index (χ4n) is 2.33. The van der Waals surface area contributed by atoms with Crippen LogP contribution in [0.5, 0.6) is 0 Å². The summed E-state index contributed by atoms with van der Waals surface area (Å²) in [6.07, 6.45) is 6.11. The van der Waals surface area contributed by atoms with Crippen molar-refractivity contribution < 1.29 is 14.7 Å². The standard InChI is InChI=1S/C13H22N2O3/c1-3-7-10(2)14-12(18)15-13(11(16)17)8-5-4-6-9-13/h3,10H,1,4-9H2,2H3,(H,16,17)(H2,14,15,18). The monoisotopic (exact) mass is 254 g/mol. The largest absolute Gasteiger partial charge is 0.480 e. The first-order valence-corrected chi connectivity index (χ1v) is 6.43. The molecule has 0 heterocycles. The molecule has 0 bridgehead atoms. The molecule has 0 saturated heterocycles. The number of carboxylic acids is 1. The third-order valence-corrected chi connectivity index (χ3v) is 3.37. The quantitative estimate of drug-likeness (QED) is 0.657. The van der Waals surface area contributed by atoms with Crippen LogP contribution in [0.15, 0.2) is 12.7 Å². The Morgan fingerprint density at radius 1 is 1.39 bits per heavy atom. The van der Waals surface area contributed by atoms with Gasteiger partial charge in [0.05, 0.1) is 0 Å². The Kier molecular flexibility index (Phi) is 5.19. The number of amides is 2. The van der Waals surface area contributed by atoms with Gasteiger partial charge in [0.25, 0.3) is 0 Å². The van der Waals surface area contributed by atoms with Gasteiger partial charge in [0.2, 0.25) is 0 Å². The van der Waals surface area contributed by atoms with Crippen LogP contribution in [0, 0.1) is 0 Å². The van der Waals surface area contributed by atoms with Gasteiger partial charge in [0.15, 0.2) is 0 Å². The molecule has 18 heavy (non-hydrogen) atoms. The van der Waals surface area contributed by atoms with Crippen LogP contribution in [-0.4, -0.2) is 28.7 Å². The minimum absolute atomic E-state index is 0.0445. The Bertz CT molecular complexity index is 322. The summed E-state index contributed by atoms with van der Waals surface area (Å²) in [5.41, 5.74) is -1.09. The van der Waals surface area contributed by atoms with Crippen molar-refractivity contribution in [2.45, 2.75) is 57.0 Å². The minimum Gasteiger partial charge on any atom is -0.480 e. The summed E-state index contributed by atoms with van der Waals surface area (Å²) in [6.45, 7) is 5.46. The molecule has 1 fully saturated rings. The van der Waals surface area contributed by atoms with Crippen molar-refractivity contribution in [2.24, 2.45) is 0 Å². The second kappa shape index (κ2) is 6.42. The number of urea groups is 1. The van der Waals surface area contributed by atoms with E-state index in [1.165, 1.54) is 0 Å². The fourth-order valence-corrected chi connectivity index (χ4v) is 2.33. The first-order chi connectivity index (χ1) is 8.50. The number of aliphatic carboxylic acids is 1. The molecular weight excluding hydrogens is 232 g/mol. The van der Waals surface area contributed by atoms with E-state index in [1.54, 1.807) is 6.08 Å². The van der Waals surface area contributed by atoms with Crippen molar-refractivity contribution in [3.63, 3.8) is 0 Å². The zero-order chi connectivity index (χ0) is 13.6. The van der Waals surface area contributed by atoms with E-state index in [9.17, 15) is 14.7 Å². The lowest BCUT2D eigenvalue weighted by Crippen LogP contribution is -2.58. The zero-order valence-corrected chi connectivity index (χ0v) is 10.9. The maximum absolute atomic E-state index is 11.8. The number of hydrogen-bond acceptors (Lipinski definition) is 2. The van der Waals surface area contributed by atoms with Gasteiger partial charge >= 0.3 is 12.0 Å². The molecule has 2 amide bonds. The summed E-state index contributed by atoms with van der Waals surface area (Å²) < 4.78 is 0. The van der Waals surface area contributed by atoms with Crippen LogP contribution in [0.2, 0.25) is 0 Å². The van der Waals surface area contributed by atoms with E-state index in [0.717, 1.165) is 19.3 Å². The maximum atomic E-state index is 11.8. The highest BCUT2D eigenvalue weighted by Gasteiger charge is 2.41. The van der Waals surface area contributed by atoms with E-state index in [4.69, 9.17) is 0 Å². The van der Waals surface area contributed by atoms with Crippen LogP contribution in [0.4, 0.5) is 4.79 Å². The van der Waals surface area contributed by atoms with Gasteiger partial charge in [0.1, 0.15) is 5.54 Å². The van der Waals surface area contributed by atoms with Crippen LogP contribution >= 0.6 is 0 Å². The second-order valence-corrected chi connectivity index (χ2v) is 4.97. The highest BCUT2D eigenvalue weighted by atomic mass is 16.4. The van der Waals surface area contributed by atoms with Crippen LogP contribution < -0.4 is 10.6 Å². The van der Waals surface area contributed by atoms with Crippen molar-refractivity contribution in [3.05, 3.63) is 12.7 Å². The van der Waals surface area contributed by atoms with Gasteiger partial charge in [-0.05, 0) is 26.2 Å². The van der Waals surface area contributed by atoms with Crippen LogP contribution in [0.1, 0.15) is 45.4 Å². The van der Waals surface area contributed by atoms with Crippen molar-refractivity contribution in [3.8, 4) is 0 Å². The summed E-state index contributed by atoms with van der Waals surface area (Å²) in [6, 6.07) is -0.453. The van der Waals surface area contributed by atoms with Gasteiger partial charge < -0.3 is 15.7 Å². The first kappa shape index (κ1) is 14.5. The molecule has 1 atom stereocenters. The van der Waals surface area contributed by atoms with Gasteiger partial charge in [0, 0.05) is 6.04 Å². The highest BCUT2D eigenvalue weighted by Crippen LogP contribution is 2.28. The first-order valence-electron chi connectivity index (χ1n) is 6.43. The van der Waals surface area contributed by atoms with Crippen LogP contribution in [0.25, 0.3) is 0 Å². The average Bonchev–Trinajstić information content (AvgIpc) is 2.29. The molecule has 1 unspecified atom stereocenters. The molecule has 0 radical (unpaired) electrons. The maximum Gasteiger partial charge on any atom is 0.329 e. The molecule has 0 aliphatic heterocycles. The van der Waals surface area contributed by atoms with E-state index in [2.05, 4.69) is 17.2 Å². The molecule has 0 aromatic heterocycles. The number of nitrogens with one attached hydrogen (secondary N) is 2. The number of hydrogen-bond donors (Lipinski definition) is 3. The predicted octanol–water partition coefficient (Wildman–Crippen LogP) is 2.04. The van der Waals surface area contributed by atoms with Crippen molar-refractivity contribution in [1.82, 2.24) is 10.6 Å². The summed E-state index contributed by atoms with van der Waals surface area (Å²) in [5.74, 6) is -0.936. The third-order valence-electron chi connectivity index (χ3n) is 3.37. The molecule has 0 aromatic carbocycles. The van der Waals surface area contributed by atoms with Gasteiger partial charge in [-0.1, -0.05) is 25.3 Å². The molecular formula is C13H22N2O3. The second-order valence-electron chi connectivity index (χ2n) is 4.97. The van der Waals surface area contributed by atoms with Gasteiger partial charge in [-0.3, -0.25) is 0 Å². The van der Waals surface area contributed by atoms with E-state index < -0.39 is 17.5 Å². The molecule has 1 aliphatic carbocycles. The normalized spacial score (nSPS) is 19.6. The van der Waals surface area contributed by atoms with E-state index in [-0.39, 0.29) is 6.04 Å². The number of carbonyl (C=O) groups is 2. The van der Waals surface area contributed by atoms with Gasteiger partial charge in [-0.2, -0.15) is 0 Å². The molecule has 0 spiro atoms. The van der Waals surface area contributed by atoms with E-state index >= 15 is 0 Å². The number of rotatable bonds is 5. The average molecular weight is 254 g/mol. The molecule has 5 heteroatoms. The van der Waals surface area contributed by atoms with Crippen LogP contribution in [0.3, 0.4) is 0 Å². The molecule has 1 rings (SSSR count). The Hall–Kier alpha value is -1.52. The van der Waals surface area contributed by atoms with Crippen LogP contribution in [-0.2, 0) is 4.79 Å². The summed E-state index contributed by atoms with van der Waals surface area (Å²) in [5, 5.41) is 14.7. The topological polar surface area (TPSA) is 78.4 Å². The summed E-state index contributed by atoms with van der Waals surface area (Å²) in [4.78, 5) is 23.2. The van der Waals surface area contributed by atoms with Crippen molar-refractivity contribution in [2.75, 3.05) is 0 Å². The molecule has 3 N–H and O–H groups in total. The Morgan fingerprint density at radius 3 is 2.50 bits per heavy atom. The van der Waals surface area contributed by atoms with Crippen molar-refractivity contribution in [1.29, 1.82) is 0 Å². The number of carbonyl (C=O) groups excluding carboxylic acids is 1. The fraction of sp³-hybridized carbons (Fsp3) is 0.692. The van der Waals surface area contributed by atoms with Gasteiger partial charge in [-0.15, -0.1) is 6.58 Å². The Morgan fingerprint density at radius 2 is 2.00 bits per heavy atom. The predicted molar refractivity (Wildman–Crippen MR) is 69.4 cm³/mol. The smallest absolute Gasteiger partial charge is 0.329 e. The minimum atomic E-state index is -1.09. The number of carboxylic acid groups (broad SMARTS) is 1. The molecule has 0 aromatic rings. The Labute approximate surface area is 108 Å². The molecule has 5 nitrogen and oxygen atoms in total. The summed E-state index contributed by atoms with van der Waals surface area (Å²) >= 11 is 0. The van der Waals surface area contributed by atoms with E-state index in [0.29, 0.717) is 19.3 Å². The summed E-state index contributed by atoms with van der Waals surface area (Å²) in [7, 11) is 0. The molecule has 102 valence electrons. The zero-order valence-electron chi connectivity index (χ0n) is 10.9.